The van der Waals surface area contributed by atoms with Crippen LogP contribution in [0.25, 0.3) is 0 Å². The molecule has 16 heavy (non-hydrogen) atoms. The molecule has 5 heteroatoms. The van der Waals surface area contributed by atoms with Crippen molar-refractivity contribution in [2.75, 3.05) is 6.54 Å². The smallest absolute Gasteiger partial charge is 0.328 e. The van der Waals surface area contributed by atoms with Crippen molar-refractivity contribution in [1.82, 2.24) is 10.6 Å². The van der Waals surface area contributed by atoms with Crippen molar-refractivity contribution in [3.05, 3.63) is 0 Å². The number of carbonyl (C=O) groups is 2. The molecule has 0 aliphatic heterocycles. The minimum atomic E-state index is -1.25. The monoisotopic (exact) mass is 230 g/mol. The van der Waals surface area contributed by atoms with Gasteiger partial charge in [-0.1, -0.05) is 20.8 Å². The third-order valence-electron chi connectivity index (χ3n) is 2.65. The van der Waals surface area contributed by atoms with Crippen molar-refractivity contribution in [3.63, 3.8) is 0 Å². The summed E-state index contributed by atoms with van der Waals surface area (Å²) in [5.74, 6) is -1.06. The van der Waals surface area contributed by atoms with Gasteiger partial charge in [0, 0.05) is 6.54 Å². The van der Waals surface area contributed by atoms with E-state index in [-0.39, 0.29) is 5.41 Å². The molecule has 0 aliphatic rings. The molecule has 0 aliphatic carbocycles. The molecule has 0 fully saturated rings. The average Bonchev–Trinajstić information content (AvgIpc) is 2.14. The molecule has 0 rings (SSSR count). The van der Waals surface area contributed by atoms with E-state index >= 15 is 0 Å². The molecule has 5 nitrogen and oxygen atoms in total. The summed E-state index contributed by atoms with van der Waals surface area (Å²) in [6.07, 6.45) is 0.940. The molecular weight excluding hydrogens is 208 g/mol. The molecule has 94 valence electrons. The van der Waals surface area contributed by atoms with Crippen LogP contribution in [-0.4, -0.2) is 29.2 Å². The Morgan fingerprint density at radius 3 is 2.06 bits per heavy atom. The lowest BCUT2D eigenvalue weighted by Gasteiger charge is -2.25. The third-order valence-corrected chi connectivity index (χ3v) is 2.65. The van der Waals surface area contributed by atoms with E-state index in [4.69, 9.17) is 5.11 Å². The largest absolute Gasteiger partial charge is 0.480 e. The molecular formula is C11H22N2O3. The summed E-state index contributed by atoms with van der Waals surface area (Å²) in [6, 6.07) is -0.450. The van der Waals surface area contributed by atoms with Crippen molar-refractivity contribution in [2.24, 2.45) is 5.41 Å². The Labute approximate surface area is 96.6 Å². The van der Waals surface area contributed by atoms with Crippen LogP contribution in [0, 0.1) is 5.41 Å². The molecule has 0 aromatic rings. The van der Waals surface area contributed by atoms with Crippen LogP contribution in [0.15, 0.2) is 0 Å². The zero-order chi connectivity index (χ0) is 13.0. The Kier molecular flexibility index (Phi) is 4.78. The van der Waals surface area contributed by atoms with Gasteiger partial charge in [0.2, 0.25) is 0 Å². The number of nitrogens with one attached hydrogen (secondary N) is 2. The van der Waals surface area contributed by atoms with Gasteiger partial charge in [-0.15, -0.1) is 0 Å². The minimum absolute atomic E-state index is 0.0186. The van der Waals surface area contributed by atoms with Crippen molar-refractivity contribution in [3.8, 4) is 0 Å². The van der Waals surface area contributed by atoms with E-state index in [1.54, 1.807) is 0 Å². The first kappa shape index (κ1) is 14.7. The molecule has 0 atom stereocenters. The number of hydrogen-bond acceptors (Lipinski definition) is 2. The average molecular weight is 230 g/mol. The van der Waals surface area contributed by atoms with Crippen LogP contribution >= 0.6 is 0 Å². The molecule has 0 aromatic carbocycles. The number of carboxylic acid groups (broad SMARTS) is 1. The maximum Gasteiger partial charge on any atom is 0.328 e. The highest BCUT2D eigenvalue weighted by Crippen LogP contribution is 2.17. The zero-order valence-corrected chi connectivity index (χ0v) is 10.7. The van der Waals surface area contributed by atoms with Gasteiger partial charge in [-0.3, -0.25) is 0 Å². The summed E-state index contributed by atoms with van der Waals surface area (Å²) in [7, 11) is 0. The summed E-state index contributed by atoms with van der Waals surface area (Å²) in [5, 5.41) is 13.9. The molecule has 0 saturated carbocycles. The summed E-state index contributed by atoms with van der Waals surface area (Å²) in [5.41, 5.74) is -1.23. The van der Waals surface area contributed by atoms with Crippen LogP contribution in [0.2, 0.25) is 0 Å². The summed E-state index contributed by atoms with van der Waals surface area (Å²) < 4.78 is 0. The van der Waals surface area contributed by atoms with Crippen molar-refractivity contribution in [2.45, 2.75) is 46.6 Å². The molecule has 0 radical (unpaired) electrons. The summed E-state index contributed by atoms with van der Waals surface area (Å²) >= 11 is 0. The van der Waals surface area contributed by atoms with Gasteiger partial charge in [0.15, 0.2) is 0 Å². The van der Waals surface area contributed by atoms with E-state index in [2.05, 4.69) is 10.6 Å². The number of aliphatic carboxylic acids is 1. The first-order valence-electron chi connectivity index (χ1n) is 5.40. The number of rotatable bonds is 5. The van der Waals surface area contributed by atoms with Crippen molar-refractivity contribution in [1.29, 1.82) is 0 Å². The van der Waals surface area contributed by atoms with Crippen LogP contribution in [0.3, 0.4) is 0 Å². The molecule has 2 amide bonds. The number of hydrogen-bond donors (Lipinski definition) is 3. The minimum Gasteiger partial charge on any atom is -0.480 e. The number of carboxylic acids is 1. The highest BCUT2D eigenvalue weighted by molar-refractivity contribution is 5.85. The van der Waals surface area contributed by atoms with Gasteiger partial charge in [0.1, 0.15) is 5.54 Å². The van der Waals surface area contributed by atoms with Crippen LogP contribution < -0.4 is 10.6 Å². The molecule has 0 bridgehead atoms. The predicted octanol–water partition coefficient (Wildman–Crippen LogP) is 1.58. The topological polar surface area (TPSA) is 78.4 Å². The zero-order valence-electron chi connectivity index (χ0n) is 10.7. The second-order valence-corrected chi connectivity index (χ2v) is 5.26. The van der Waals surface area contributed by atoms with Gasteiger partial charge in [-0.25, -0.2) is 9.59 Å². The lowest BCUT2D eigenvalue weighted by atomic mass is 9.90. The van der Waals surface area contributed by atoms with E-state index in [1.165, 1.54) is 13.8 Å². The SMILES string of the molecule is CCC(C)(C)CNC(=O)NC(C)(C)C(=O)O. The van der Waals surface area contributed by atoms with E-state index in [0.717, 1.165) is 6.42 Å². The molecule has 3 N–H and O–H groups in total. The normalized spacial score (nSPS) is 12.1. The second kappa shape index (κ2) is 5.18. The first-order valence-corrected chi connectivity index (χ1v) is 5.40. The quantitative estimate of drug-likeness (QED) is 0.671. The Balaban J connectivity index is 4.16. The Morgan fingerprint density at radius 1 is 1.19 bits per heavy atom. The van der Waals surface area contributed by atoms with Crippen molar-refractivity contribution < 1.29 is 14.7 Å². The summed E-state index contributed by atoms with van der Waals surface area (Å²) in [6.45, 7) is 9.52. The lowest BCUT2D eigenvalue weighted by molar-refractivity contribution is -0.142. The van der Waals surface area contributed by atoms with Gasteiger partial charge in [-0.2, -0.15) is 0 Å². The van der Waals surface area contributed by atoms with Crippen LogP contribution in [-0.2, 0) is 4.79 Å². The Bertz CT molecular complexity index is 272. The lowest BCUT2D eigenvalue weighted by Crippen LogP contribution is -2.54. The fourth-order valence-electron chi connectivity index (χ4n) is 0.826. The van der Waals surface area contributed by atoms with Gasteiger partial charge in [0.25, 0.3) is 0 Å². The van der Waals surface area contributed by atoms with Gasteiger partial charge >= 0.3 is 12.0 Å². The second-order valence-electron chi connectivity index (χ2n) is 5.26. The van der Waals surface area contributed by atoms with Crippen LogP contribution in [0.1, 0.15) is 41.0 Å². The number of carbonyl (C=O) groups excluding carboxylic acids is 1. The Hall–Kier alpha value is -1.26. The maximum absolute atomic E-state index is 11.4. The number of amides is 2. The highest BCUT2D eigenvalue weighted by Gasteiger charge is 2.29. The molecule has 0 aromatic heterocycles. The van der Waals surface area contributed by atoms with Gasteiger partial charge < -0.3 is 15.7 Å². The molecule has 0 heterocycles. The van der Waals surface area contributed by atoms with E-state index in [9.17, 15) is 9.59 Å². The van der Waals surface area contributed by atoms with Gasteiger partial charge in [-0.05, 0) is 25.7 Å². The predicted molar refractivity (Wildman–Crippen MR) is 62.3 cm³/mol. The van der Waals surface area contributed by atoms with E-state index in [0.29, 0.717) is 6.54 Å². The van der Waals surface area contributed by atoms with E-state index in [1.807, 2.05) is 20.8 Å². The van der Waals surface area contributed by atoms with Crippen LogP contribution in [0.5, 0.6) is 0 Å². The fourth-order valence-corrected chi connectivity index (χ4v) is 0.826. The Morgan fingerprint density at radius 2 is 1.69 bits per heavy atom. The molecule has 0 spiro atoms. The first-order chi connectivity index (χ1) is 7.10. The van der Waals surface area contributed by atoms with Gasteiger partial charge in [0.05, 0.1) is 0 Å². The van der Waals surface area contributed by atoms with Crippen LogP contribution in [0.4, 0.5) is 4.79 Å². The summed E-state index contributed by atoms with van der Waals surface area (Å²) in [4.78, 5) is 22.2. The standard InChI is InChI=1S/C11H22N2O3/c1-6-10(2,3)7-12-9(16)13-11(4,5)8(14)15/h6-7H2,1-5H3,(H,14,15)(H2,12,13,16). The molecule has 0 saturated heterocycles. The van der Waals surface area contributed by atoms with E-state index < -0.39 is 17.5 Å². The number of urea groups is 1. The molecule has 0 unspecified atom stereocenters. The fraction of sp³-hybridized carbons (Fsp3) is 0.818. The highest BCUT2D eigenvalue weighted by atomic mass is 16.4. The van der Waals surface area contributed by atoms with Crippen molar-refractivity contribution >= 4 is 12.0 Å². The third kappa shape index (κ3) is 5.00. The maximum atomic E-state index is 11.4.